The normalized spacial score (nSPS) is 17.3. The van der Waals surface area contributed by atoms with Gasteiger partial charge in [0.25, 0.3) is 0 Å². The first-order valence-corrected chi connectivity index (χ1v) is 12.4. The van der Waals surface area contributed by atoms with Crippen molar-refractivity contribution in [3.8, 4) is 17.2 Å². The predicted molar refractivity (Wildman–Crippen MR) is 133 cm³/mol. The number of esters is 1. The van der Waals surface area contributed by atoms with Crippen LogP contribution in [0.15, 0.2) is 36.4 Å². The topological polar surface area (TPSA) is 86.3 Å². The first-order chi connectivity index (χ1) is 18.0. The Balaban J connectivity index is 1.44. The third-order valence-corrected chi connectivity index (χ3v) is 6.83. The van der Waals surface area contributed by atoms with Gasteiger partial charge in [-0.05, 0) is 17.7 Å². The molecule has 0 bridgehead atoms. The van der Waals surface area contributed by atoms with E-state index in [0.29, 0.717) is 25.9 Å². The van der Waals surface area contributed by atoms with Crippen LogP contribution in [0.3, 0.4) is 0 Å². The molecule has 0 radical (unpaired) electrons. The Morgan fingerprint density at radius 3 is 2.53 bits per heavy atom. The monoisotopic (exact) mass is 556 g/mol. The number of anilines is 1. The van der Waals surface area contributed by atoms with E-state index in [4.69, 9.17) is 30.5 Å². The Kier molecular flexibility index (Phi) is 8.27. The number of methoxy groups -OCH3 is 1. The van der Waals surface area contributed by atoms with Crippen LogP contribution in [-0.4, -0.2) is 68.0 Å². The van der Waals surface area contributed by atoms with Crippen LogP contribution >= 0.6 is 11.6 Å². The minimum atomic E-state index is -5.15. The summed E-state index contributed by atoms with van der Waals surface area (Å²) in [7, 11) is 1.38. The van der Waals surface area contributed by atoms with E-state index < -0.39 is 30.8 Å². The summed E-state index contributed by atoms with van der Waals surface area (Å²) in [5, 5.41) is 2.75. The zero-order chi connectivity index (χ0) is 27.5. The summed E-state index contributed by atoms with van der Waals surface area (Å²) in [6.07, 6.45) is -4.28. The Labute approximate surface area is 222 Å². The molecule has 38 heavy (non-hydrogen) atoms. The fraction of sp³-hybridized carbons (Fsp3) is 0.462. The maximum atomic E-state index is 13.0. The number of fused-ring (bicyclic) bond motifs is 1. The highest BCUT2D eigenvalue weighted by Crippen LogP contribution is 2.41. The van der Waals surface area contributed by atoms with Crippen molar-refractivity contribution in [1.29, 1.82) is 0 Å². The highest BCUT2D eigenvalue weighted by molar-refractivity contribution is 6.32. The zero-order valence-electron chi connectivity index (χ0n) is 20.9. The zero-order valence-corrected chi connectivity index (χ0v) is 21.7. The largest absolute Gasteiger partial charge is 0.495 e. The number of piperidine rings is 1. The number of likely N-dealkylation sites (tertiary alicyclic amines) is 1. The average molecular weight is 557 g/mol. The van der Waals surface area contributed by atoms with Gasteiger partial charge in [0.15, 0.2) is 0 Å². The molecule has 4 rings (SSSR count). The van der Waals surface area contributed by atoms with Crippen LogP contribution in [0, 0.1) is 0 Å². The molecule has 1 fully saturated rings. The van der Waals surface area contributed by atoms with E-state index in [2.05, 4.69) is 5.32 Å². The number of rotatable bonds is 8. The molecule has 2 heterocycles. The van der Waals surface area contributed by atoms with Gasteiger partial charge in [-0.3, -0.25) is 9.69 Å². The summed E-state index contributed by atoms with van der Waals surface area (Å²) in [4.78, 5) is 25.2. The summed E-state index contributed by atoms with van der Waals surface area (Å²) in [5.41, 5.74) is 0.990. The molecule has 0 saturated carbocycles. The molecule has 1 saturated heterocycles. The Morgan fingerprint density at radius 2 is 1.89 bits per heavy atom. The molecule has 1 atom stereocenters. The van der Waals surface area contributed by atoms with E-state index in [1.807, 2.05) is 29.2 Å². The minimum absolute atomic E-state index is 0.0189. The number of benzene rings is 2. The van der Waals surface area contributed by atoms with Crippen LogP contribution < -0.4 is 19.5 Å². The molecule has 8 nitrogen and oxygen atoms in total. The number of alkyl halides is 3. The number of carbonyl (C=O) groups excluding carboxylic acids is 2. The fourth-order valence-corrected chi connectivity index (χ4v) is 4.94. The van der Waals surface area contributed by atoms with Gasteiger partial charge in [-0.25, -0.2) is 4.79 Å². The van der Waals surface area contributed by atoms with Gasteiger partial charge in [0.2, 0.25) is 5.91 Å². The second-order valence-corrected chi connectivity index (χ2v) is 9.78. The summed E-state index contributed by atoms with van der Waals surface area (Å²) in [5.74, 6) is -1.51. The molecule has 1 N–H and O–H groups in total. The highest BCUT2D eigenvalue weighted by atomic mass is 35.5. The molecule has 1 amide bonds. The van der Waals surface area contributed by atoms with Crippen molar-refractivity contribution in [2.75, 3.05) is 38.7 Å². The molecule has 1 spiro atoms. The van der Waals surface area contributed by atoms with Crippen molar-refractivity contribution < 1.29 is 41.7 Å². The van der Waals surface area contributed by atoms with E-state index in [-0.39, 0.29) is 34.4 Å². The molecule has 2 aromatic rings. The lowest BCUT2D eigenvalue weighted by Gasteiger charge is -2.39. The minimum Gasteiger partial charge on any atom is -0.495 e. The smallest absolute Gasteiger partial charge is 0.490 e. The van der Waals surface area contributed by atoms with Gasteiger partial charge in [0, 0.05) is 51.9 Å². The highest BCUT2D eigenvalue weighted by Gasteiger charge is 2.44. The lowest BCUT2D eigenvalue weighted by molar-refractivity contribution is -0.206. The number of hydrogen-bond acceptors (Lipinski definition) is 7. The third-order valence-electron chi connectivity index (χ3n) is 6.54. The van der Waals surface area contributed by atoms with Crippen molar-refractivity contribution >= 4 is 29.2 Å². The van der Waals surface area contributed by atoms with Crippen molar-refractivity contribution in [2.45, 2.75) is 44.1 Å². The van der Waals surface area contributed by atoms with Crippen molar-refractivity contribution in [1.82, 2.24) is 4.90 Å². The van der Waals surface area contributed by atoms with E-state index in [9.17, 15) is 22.8 Å². The molecular formula is C26H28ClF3N2O6. The summed E-state index contributed by atoms with van der Waals surface area (Å²) in [6.45, 7) is 1.99. The number of halogens is 4. The van der Waals surface area contributed by atoms with E-state index in [0.717, 1.165) is 17.7 Å². The molecule has 0 aliphatic carbocycles. The van der Waals surface area contributed by atoms with Gasteiger partial charge in [0.1, 0.15) is 35.6 Å². The van der Waals surface area contributed by atoms with Crippen LogP contribution in [0.4, 0.5) is 18.9 Å². The predicted octanol–water partition coefficient (Wildman–Crippen LogP) is 4.63. The van der Waals surface area contributed by atoms with Crippen LogP contribution in [0.1, 0.15) is 25.3 Å². The van der Waals surface area contributed by atoms with Gasteiger partial charge in [-0.15, -0.1) is 0 Å². The fourth-order valence-electron chi connectivity index (χ4n) is 4.70. The van der Waals surface area contributed by atoms with Gasteiger partial charge in [-0.2, -0.15) is 13.2 Å². The van der Waals surface area contributed by atoms with Crippen molar-refractivity contribution in [3.63, 3.8) is 0 Å². The number of nitrogens with one attached hydrogen (secondary N) is 1. The number of ether oxygens (including phenoxy) is 4. The third kappa shape index (κ3) is 6.63. The number of amides is 1. The molecule has 12 heteroatoms. The molecule has 206 valence electrons. The summed E-state index contributed by atoms with van der Waals surface area (Å²) >= 11 is 6.13. The first-order valence-electron chi connectivity index (χ1n) is 12.0. The first kappa shape index (κ1) is 27.8. The SMILES string of the molecule is COc1cc(OC[C@@H](CN2CCC3(CC2)Cc2ccccc2O3)OC(=O)C(F)(F)F)c(NC(C)=O)cc1Cl. The maximum absolute atomic E-state index is 13.0. The number of para-hydroxylation sites is 1. The molecule has 0 aromatic heterocycles. The lowest BCUT2D eigenvalue weighted by atomic mass is 9.87. The quantitative estimate of drug-likeness (QED) is 0.475. The molecular weight excluding hydrogens is 529 g/mol. The van der Waals surface area contributed by atoms with Gasteiger partial charge in [0.05, 0.1) is 17.8 Å². The van der Waals surface area contributed by atoms with Crippen LogP contribution in [0.25, 0.3) is 0 Å². The maximum Gasteiger partial charge on any atom is 0.490 e. The van der Waals surface area contributed by atoms with Crippen LogP contribution in [0.2, 0.25) is 5.02 Å². The van der Waals surface area contributed by atoms with Gasteiger partial charge in [-0.1, -0.05) is 29.8 Å². The molecule has 2 aliphatic rings. The number of nitrogens with zero attached hydrogens (tertiary/aromatic N) is 1. The Hall–Kier alpha value is -3.18. The van der Waals surface area contributed by atoms with E-state index in [1.165, 1.54) is 26.2 Å². The van der Waals surface area contributed by atoms with Crippen molar-refractivity contribution in [3.05, 3.63) is 47.0 Å². The standard InChI is InChI=1S/C26H28ClF3N2O6/c1-16(33)31-20-11-19(27)22(35-2)12-23(20)36-15-18(37-24(34)26(28,29)30)14-32-9-7-25(8-10-32)13-17-5-3-4-6-21(17)38-25/h3-6,11-12,18H,7-10,13-15H2,1-2H3,(H,31,33)/t18-/m1/s1. The Morgan fingerprint density at radius 1 is 1.18 bits per heavy atom. The second kappa shape index (κ2) is 11.3. The van der Waals surface area contributed by atoms with Crippen molar-refractivity contribution in [2.24, 2.45) is 0 Å². The Bertz CT molecular complexity index is 1160. The number of carbonyl (C=O) groups is 2. The molecule has 0 unspecified atom stereocenters. The number of hydrogen-bond donors (Lipinski definition) is 1. The summed E-state index contributed by atoms with van der Waals surface area (Å²) in [6, 6.07) is 10.6. The van der Waals surface area contributed by atoms with Gasteiger partial charge >= 0.3 is 12.1 Å². The second-order valence-electron chi connectivity index (χ2n) is 9.37. The summed E-state index contributed by atoms with van der Waals surface area (Å²) < 4.78 is 61.0. The average Bonchev–Trinajstić information content (AvgIpc) is 3.21. The molecule has 2 aliphatic heterocycles. The van der Waals surface area contributed by atoms with Crippen LogP contribution in [0.5, 0.6) is 17.2 Å². The van der Waals surface area contributed by atoms with Crippen LogP contribution in [-0.2, 0) is 20.7 Å². The lowest BCUT2D eigenvalue weighted by Crippen LogP contribution is -2.50. The molecule has 2 aromatic carbocycles. The van der Waals surface area contributed by atoms with Gasteiger partial charge < -0.3 is 24.3 Å². The van der Waals surface area contributed by atoms with E-state index >= 15 is 0 Å². The van der Waals surface area contributed by atoms with E-state index in [1.54, 1.807) is 0 Å².